The quantitative estimate of drug-likeness (QED) is 0.635. The first-order valence-corrected chi connectivity index (χ1v) is 10.5. The molecule has 162 valence electrons. The number of hydrogen-bond acceptors (Lipinski definition) is 4. The van der Waals surface area contributed by atoms with Crippen molar-refractivity contribution in [3.8, 4) is 0 Å². The van der Waals surface area contributed by atoms with Crippen molar-refractivity contribution in [2.24, 2.45) is 5.92 Å². The Morgan fingerprint density at radius 1 is 0.935 bits per heavy atom. The third-order valence-electron chi connectivity index (χ3n) is 5.33. The molecule has 3 amide bonds. The van der Waals surface area contributed by atoms with Crippen LogP contribution < -0.4 is 10.6 Å². The summed E-state index contributed by atoms with van der Waals surface area (Å²) in [4.78, 5) is 50.1. The van der Waals surface area contributed by atoms with Crippen LogP contribution in [0.25, 0.3) is 0 Å². The maximum absolute atomic E-state index is 12.5. The van der Waals surface area contributed by atoms with E-state index in [4.69, 9.17) is 0 Å². The fraction of sp³-hybridized carbons (Fsp3) is 0.333. The van der Waals surface area contributed by atoms with Gasteiger partial charge in [-0.05, 0) is 61.9 Å². The Bertz CT molecular complexity index is 967. The number of hydrogen-bond donors (Lipinski definition) is 2. The van der Waals surface area contributed by atoms with Crippen LogP contribution in [0.2, 0.25) is 0 Å². The Hall–Kier alpha value is -3.48. The minimum atomic E-state index is -0.356. The van der Waals surface area contributed by atoms with Crippen molar-refractivity contribution in [3.63, 3.8) is 0 Å². The molecule has 1 atom stereocenters. The highest BCUT2D eigenvalue weighted by Crippen LogP contribution is 2.21. The second kappa shape index (κ2) is 10.0. The summed E-state index contributed by atoms with van der Waals surface area (Å²) in [6, 6.07) is 13.3. The van der Waals surface area contributed by atoms with Gasteiger partial charge in [0.15, 0.2) is 5.78 Å². The minimum Gasteiger partial charge on any atom is -0.342 e. The van der Waals surface area contributed by atoms with Crippen molar-refractivity contribution in [2.45, 2.75) is 33.1 Å². The van der Waals surface area contributed by atoms with Gasteiger partial charge < -0.3 is 15.5 Å². The molecule has 0 saturated carbocycles. The molecule has 1 saturated heterocycles. The molecule has 1 aliphatic rings. The van der Waals surface area contributed by atoms with Crippen LogP contribution in [0.5, 0.6) is 0 Å². The van der Waals surface area contributed by atoms with E-state index in [9.17, 15) is 19.2 Å². The number of amides is 3. The molecule has 0 spiro atoms. The third-order valence-corrected chi connectivity index (χ3v) is 5.33. The van der Waals surface area contributed by atoms with Crippen LogP contribution in [0.15, 0.2) is 48.5 Å². The van der Waals surface area contributed by atoms with Crippen molar-refractivity contribution in [1.82, 2.24) is 4.90 Å². The smallest absolute Gasteiger partial charge is 0.255 e. The number of Topliss-reactive ketones (excluding diaryl/α,β-unsaturated/α-hetero) is 1. The Morgan fingerprint density at radius 3 is 2.10 bits per heavy atom. The van der Waals surface area contributed by atoms with Gasteiger partial charge in [0.1, 0.15) is 0 Å². The summed E-state index contributed by atoms with van der Waals surface area (Å²) in [5.41, 5.74) is 2.18. The SMILES string of the molecule is CCCCN1C[C@@H](C(=O)Nc2ccc(C(=O)Nc3ccc(C(C)=O)cc3)cc2)CC1=O. The van der Waals surface area contributed by atoms with Crippen LogP contribution in [-0.4, -0.2) is 41.5 Å². The van der Waals surface area contributed by atoms with Gasteiger partial charge >= 0.3 is 0 Å². The number of nitrogens with zero attached hydrogens (tertiary/aromatic N) is 1. The predicted molar refractivity (Wildman–Crippen MR) is 119 cm³/mol. The highest BCUT2D eigenvalue weighted by atomic mass is 16.2. The summed E-state index contributed by atoms with van der Waals surface area (Å²) in [7, 11) is 0. The highest BCUT2D eigenvalue weighted by molar-refractivity contribution is 6.05. The van der Waals surface area contributed by atoms with Crippen LogP contribution in [0.1, 0.15) is 53.8 Å². The molecule has 3 rings (SSSR count). The van der Waals surface area contributed by atoms with Crippen molar-refractivity contribution in [3.05, 3.63) is 59.7 Å². The fourth-order valence-electron chi connectivity index (χ4n) is 3.45. The number of benzene rings is 2. The average molecular weight is 421 g/mol. The average Bonchev–Trinajstić information content (AvgIpc) is 3.13. The van der Waals surface area contributed by atoms with Gasteiger partial charge in [0, 0.05) is 42.0 Å². The van der Waals surface area contributed by atoms with Crippen molar-refractivity contribution < 1.29 is 19.2 Å². The Kier molecular flexibility index (Phi) is 7.18. The molecule has 0 bridgehead atoms. The van der Waals surface area contributed by atoms with Gasteiger partial charge in [0.05, 0.1) is 5.92 Å². The number of carbonyl (C=O) groups excluding carboxylic acids is 4. The number of ketones is 1. The van der Waals surface area contributed by atoms with Crippen LogP contribution in [0.4, 0.5) is 11.4 Å². The lowest BCUT2D eigenvalue weighted by Gasteiger charge is -2.16. The molecule has 2 aromatic rings. The van der Waals surface area contributed by atoms with Gasteiger partial charge in [-0.25, -0.2) is 0 Å². The number of unbranched alkanes of at least 4 members (excludes halogenated alkanes) is 1. The largest absolute Gasteiger partial charge is 0.342 e. The molecule has 31 heavy (non-hydrogen) atoms. The van der Waals surface area contributed by atoms with Crippen LogP contribution in [0.3, 0.4) is 0 Å². The van der Waals surface area contributed by atoms with Gasteiger partial charge in [0.25, 0.3) is 5.91 Å². The summed E-state index contributed by atoms with van der Waals surface area (Å²) in [5.74, 6) is -0.843. The summed E-state index contributed by atoms with van der Waals surface area (Å²) < 4.78 is 0. The number of likely N-dealkylation sites (tertiary alicyclic amines) is 1. The Balaban J connectivity index is 1.55. The molecule has 1 fully saturated rings. The first-order chi connectivity index (χ1) is 14.9. The molecule has 7 heteroatoms. The minimum absolute atomic E-state index is 0.0250. The lowest BCUT2D eigenvalue weighted by Crippen LogP contribution is -2.29. The molecular weight excluding hydrogens is 394 g/mol. The summed E-state index contributed by atoms with van der Waals surface area (Å²) in [6.45, 7) is 4.70. The van der Waals surface area contributed by atoms with E-state index in [1.807, 2.05) is 0 Å². The van der Waals surface area contributed by atoms with Gasteiger partial charge in [-0.15, -0.1) is 0 Å². The number of rotatable bonds is 8. The molecule has 0 aliphatic carbocycles. The summed E-state index contributed by atoms with van der Waals surface area (Å²) >= 11 is 0. The molecule has 7 nitrogen and oxygen atoms in total. The van der Waals surface area contributed by atoms with E-state index >= 15 is 0 Å². The lowest BCUT2D eigenvalue weighted by atomic mass is 10.1. The summed E-state index contributed by atoms with van der Waals surface area (Å²) in [5, 5.41) is 5.61. The summed E-state index contributed by atoms with van der Waals surface area (Å²) in [6.07, 6.45) is 2.17. The molecule has 1 aliphatic heterocycles. The van der Waals surface area contributed by atoms with E-state index in [1.54, 1.807) is 53.4 Å². The van der Waals surface area contributed by atoms with Gasteiger partial charge in [-0.3, -0.25) is 19.2 Å². The highest BCUT2D eigenvalue weighted by Gasteiger charge is 2.33. The Labute approximate surface area is 181 Å². The van der Waals surface area contributed by atoms with Crippen molar-refractivity contribution in [2.75, 3.05) is 23.7 Å². The molecular formula is C24H27N3O4. The molecule has 0 radical (unpaired) electrons. The second-order valence-electron chi connectivity index (χ2n) is 7.75. The zero-order valence-electron chi connectivity index (χ0n) is 17.8. The third kappa shape index (κ3) is 5.78. The van der Waals surface area contributed by atoms with Crippen molar-refractivity contribution in [1.29, 1.82) is 0 Å². The maximum atomic E-state index is 12.5. The van der Waals surface area contributed by atoms with Gasteiger partial charge in [-0.2, -0.15) is 0 Å². The normalized spacial score (nSPS) is 15.6. The molecule has 2 N–H and O–H groups in total. The zero-order chi connectivity index (χ0) is 22.4. The van der Waals surface area contributed by atoms with Crippen LogP contribution in [-0.2, 0) is 9.59 Å². The molecule has 0 aromatic heterocycles. The van der Waals surface area contributed by atoms with Gasteiger partial charge in [-0.1, -0.05) is 13.3 Å². The standard InChI is InChI=1S/C24H27N3O4/c1-3-4-13-27-15-19(14-22(27)29)24(31)26-21-11-7-18(8-12-21)23(30)25-20-9-5-17(6-10-20)16(2)28/h5-12,19H,3-4,13-15H2,1-2H3,(H,25,30)(H,26,31)/t19-/m0/s1. The van der Waals surface area contributed by atoms with E-state index in [0.29, 0.717) is 35.6 Å². The maximum Gasteiger partial charge on any atom is 0.255 e. The lowest BCUT2D eigenvalue weighted by molar-refractivity contribution is -0.128. The van der Waals surface area contributed by atoms with E-state index in [2.05, 4.69) is 17.6 Å². The molecule has 2 aromatic carbocycles. The van der Waals surface area contributed by atoms with Crippen molar-refractivity contribution >= 4 is 34.9 Å². The second-order valence-corrected chi connectivity index (χ2v) is 7.75. The monoisotopic (exact) mass is 421 g/mol. The fourth-order valence-corrected chi connectivity index (χ4v) is 3.45. The van der Waals surface area contributed by atoms with E-state index in [1.165, 1.54) is 6.92 Å². The van der Waals surface area contributed by atoms with Gasteiger partial charge in [0.2, 0.25) is 11.8 Å². The van der Waals surface area contributed by atoms with E-state index in [-0.39, 0.29) is 35.8 Å². The first-order valence-electron chi connectivity index (χ1n) is 10.5. The molecule has 0 unspecified atom stereocenters. The molecule has 1 heterocycles. The van der Waals surface area contributed by atoms with Crippen LogP contribution in [0, 0.1) is 5.92 Å². The van der Waals surface area contributed by atoms with Crippen LogP contribution >= 0.6 is 0 Å². The number of anilines is 2. The topological polar surface area (TPSA) is 95.6 Å². The predicted octanol–water partition coefficient (Wildman–Crippen LogP) is 3.73. The zero-order valence-corrected chi connectivity index (χ0v) is 17.8. The van der Waals surface area contributed by atoms with E-state index in [0.717, 1.165) is 12.8 Å². The number of carbonyl (C=O) groups is 4. The Morgan fingerprint density at radius 2 is 1.52 bits per heavy atom. The first kappa shape index (κ1) is 22.2. The van der Waals surface area contributed by atoms with E-state index < -0.39 is 0 Å². The number of nitrogens with one attached hydrogen (secondary N) is 2.